The van der Waals surface area contributed by atoms with E-state index < -0.39 is 11.8 Å². The lowest BCUT2D eigenvalue weighted by molar-refractivity contribution is -0.136. The van der Waals surface area contributed by atoms with Gasteiger partial charge < -0.3 is 15.7 Å². The highest BCUT2D eigenvalue weighted by Crippen LogP contribution is 2.22. The third-order valence-electron chi connectivity index (χ3n) is 2.50. The summed E-state index contributed by atoms with van der Waals surface area (Å²) in [5.74, 6) is -1.54. The SMILES string of the molecule is CC(CCCO)NC(=O)C(=O)Nc1cc(Cl)cc(Cl)c1. The number of hydrogen-bond donors (Lipinski definition) is 3. The molecule has 0 heterocycles. The number of nitrogens with one attached hydrogen (secondary N) is 2. The van der Waals surface area contributed by atoms with Crippen LogP contribution >= 0.6 is 23.2 Å². The van der Waals surface area contributed by atoms with E-state index in [1.165, 1.54) is 18.2 Å². The van der Waals surface area contributed by atoms with Crippen LogP contribution in [0.15, 0.2) is 18.2 Å². The van der Waals surface area contributed by atoms with Gasteiger partial charge in [0.1, 0.15) is 0 Å². The molecule has 110 valence electrons. The van der Waals surface area contributed by atoms with Gasteiger partial charge in [-0.05, 0) is 38.0 Å². The summed E-state index contributed by atoms with van der Waals surface area (Å²) in [6, 6.07) is 4.32. The molecule has 0 aliphatic carbocycles. The van der Waals surface area contributed by atoms with Gasteiger partial charge in [-0.25, -0.2) is 0 Å². The van der Waals surface area contributed by atoms with Gasteiger partial charge in [-0.3, -0.25) is 9.59 Å². The van der Waals surface area contributed by atoms with E-state index in [1.54, 1.807) is 6.92 Å². The molecule has 0 saturated heterocycles. The second-order valence-electron chi connectivity index (χ2n) is 4.35. The Labute approximate surface area is 127 Å². The van der Waals surface area contributed by atoms with Gasteiger partial charge in [-0.2, -0.15) is 0 Å². The predicted molar refractivity (Wildman–Crippen MR) is 79.0 cm³/mol. The largest absolute Gasteiger partial charge is 0.396 e. The average Bonchev–Trinajstić information content (AvgIpc) is 2.34. The number of halogens is 2. The van der Waals surface area contributed by atoms with Crippen LogP contribution in [0, 0.1) is 0 Å². The first-order chi connectivity index (χ1) is 9.42. The number of aliphatic hydroxyl groups excluding tert-OH is 1. The van der Waals surface area contributed by atoms with Gasteiger partial charge in [-0.15, -0.1) is 0 Å². The van der Waals surface area contributed by atoms with E-state index in [4.69, 9.17) is 28.3 Å². The molecule has 0 fully saturated rings. The van der Waals surface area contributed by atoms with Crippen molar-refractivity contribution in [3.05, 3.63) is 28.2 Å². The van der Waals surface area contributed by atoms with Crippen LogP contribution in [-0.4, -0.2) is 29.6 Å². The second-order valence-corrected chi connectivity index (χ2v) is 5.23. The number of carbonyl (C=O) groups is 2. The lowest BCUT2D eigenvalue weighted by Gasteiger charge is -2.13. The van der Waals surface area contributed by atoms with Crippen molar-refractivity contribution in [2.75, 3.05) is 11.9 Å². The molecule has 0 bridgehead atoms. The number of carbonyl (C=O) groups excluding carboxylic acids is 2. The lowest BCUT2D eigenvalue weighted by atomic mass is 10.2. The normalized spacial score (nSPS) is 11.8. The number of benzene rings is 1. The minimum Gasteiger partial charge on any atom is -0.396 e. The summed E-state index contributed by atoms with van der Waals surface area (Å²) >= 11 is 11.6. The van der Waals surface area contributed by atoms with Gasteiger partial charge in [0, 0.05) is 28.4 Å². The van der Waals surface area contributed by atoms with Gasteiger partial charge in [0.25, 0.3) is 0 Å². The molecular weight excluding hydrogens is 303 g/mol. The number of amides is 2. The average molecular weight is 319 g/mol. The van der Waals surface area contributed by atoms with E-state index >= 15 is 0 Å². The first kappa shape index (κ1) is 16.8. The molecule has 1 atom stereocenters. The van der Waals surface area contributed by atoms with Crippen LogP contribution in [0.3, 0.4) is 0 Å². The topological polar surface area (TPSA) is 78.4 Å². The molecule has 0 spiro atoms. The predicted octanol–water partition coefficient (Wildman–Crippen LogP) is 2.21. The summed E-state index contributed by atoms with van der Waals surface area (Å²) in [4.78, 5) is 23.3. The Kier molecular flexibility index (Phi) is 6.78. The molecule has 3 N–H and O–H groups in total. The van der Waals surface area contributed by atoms with Crippen molar-refractivity contribution in [2.24, 2.45) is 0 Å². The third-order valence-corrected chi connectivity index (χ3v) is 2.94. The zero-order valence-electron chi connectivity index (χ0n) is 11.0. The first-order valence-corrected chi connectivity index (χ1v) is 6.86. The molecule has 20 heavy (non-hydrogen) atoms. The monoisotopic (exact) mass is 318 g/mol. The molecule has 0 aromatic heterocycles. The Morgan fingerprint density at radius 1 is 1.20 bits per heavy atom. The Morgan fingerprint density at radius 2 is 1.80 bits per heavy atom. The molecule has 0 aliphatic rings. The highest BCUT2D eigenvalue weighted by Gasteiger charge is 2.16. The molecule has 1 aromatic carbocycles. The van der Waals surface area contributed by atoms with Crippen molar-refractivity contribution in [2.45, 2.75) is 25.8 Å². The summed E-state index contributed by atoms with van der Waals surface area (Å²) < 4.78 is 0. The van der Waals surface area contributed by atoms with E-state index in [0.717, 1.165) is 0 Å². The summed E-state index contributed by atoms with van der Waals surface area (Å²) in [5, 5.41) is 14.4. The molecule has 1 unspecified atom stereocenters. The van der Waals surface area contributed by atoms with E-state index in [1.807, 2.05) is 0 Å². The molecule has 5 nitrogen and oxygen atoms in total. The fourth-order valence-corrected chi connectivity index (χ4v) is 2.10. The van der Waals surface area contributed by atoms with Gasteiger partial charge in [0.05, 0.1) is 0 Å². The summed E-state index contributed by atoms with van der Waals surface area (Å²) in [6.45, 7) is 1.81. The number of hydrogen-bond acceptors (Lipinski definition) is 3. The molecular formula is C13H16Cl2N2O3. The van der Waals surface area contributed by atoms with Crippen molar-refractivity contribution >= 4 is 40.7 Å². The van der Waals surface area contributed by atoms with Crippen LogP contribution in [0.25, 0.3) is 0 Å². The van der Waals surface area contributed by atoms with Crippen molar-refractivity contribution in [1.82, 2.24) is 5.32 Å². The number of aliphatic hydroxyl groups is 1. The Balaban J connectivity index is 2.55. The Morgan fingerprint density at radius 3 is 2.35 bits per heavy atom. The molecule has 0 radical (unpaired) electrons. The minimum absolute atomic E-state index is 0.0490. The summed E-state index contributed by atoms with van der Waals surface area (Å²) in [6.07, 6.45) is 1.16. The highest BCUT2D eigenvalue weighted by atomic mass is 35.5. The molecule has 7 heteroatoms. The maximum atomic E-state index is 11.7. The maximum absolute atomic E-state index is 11.7. The van der Waals surface area contributed by atoms with Gasteiger partial charge in [0.15, 0.2) is 0 Å². The van der Waals surface area contributed by atoms with Crippen LogP contribution < -0.4 is 10.6 Å². The van der Waals surface area contributed by atoms with Crippen LogP contribution in [0.1, 0.15) is 19.8 Å². The van der Waals surface area contributed by atoms with E-state index in [0.29, 0.717) is 28.6 Å². The fourth-order valence-electron chi connectivity index (χ4n) is 1.57. The zero-order valence-corrected chi connectivity index (χ0v) is 12.5. The highest BCUT2D eigenvalue weighted by molar-refractivity contribution is 6.40. The molecule has 1 aromatic rings. The quantitative estimate of drug-likeness (QED) is 0.728. The summed E-state index contributed by atoms with van der Waals surface area (Å²) in [7, 11) is 0. The molecule has 0 aliphatic heterocycles. The van der Waals surface area contributed by atoms with Crippen LogP contribution in [0.2, 0.25) is 10.0 Å². The van der Waals surface area contributed by atoms with E-state index in [2.05, 4.69) is 10.6 Å². The van der Waals surface area contributed by atoms with Crippen LogP contribution in [0.4, 0.5) is 5.69 Å². The van der Waals surface area contributed by atoms with Crippen molar-refractivity contribution in [3.8, 4) is 0 Å². The van der Waals surface area contributed by atoms with Gasteiger partial charge in [0.2, 0.25) is 0 Å². The third kappa shape index (κ3) is 5.77. The first-order valence-electron chi connectivity index (χ1n) is 6.11. The van der Waals surface area contributed by atoms with Gasteiger partial charge in [-0.1, -0.05) is 23.2 Å². The van der Waals surface area contributed by atoms with Crippen molar-refractivity contribution < 1.29 is 14.7 Å². The van der Waals surface area contributed by atoms with Crippen LogP contribution in [0.5, 0.6) is 0 Å². The second kappa shape index (κ2) is 8.09. The number of rotatable bonds is 5. The molecule has 0 saturated carbocycles. The smallest absolute Gasteiger partial charge is 0.313 e. The molecule has 1 rings (SSSR count). The number of anilines is 1. The Bertz CT molecular complexity index is 474. The Hall–Kier alpha value is -1.30. The van der Waals surface area contributed by atoms with Gasteiger partial charge >= 0.3 is 11.8 Å². The van der Waals surface area contributed by atoms with E-state index in [-0.39, 0.29) is 12.6 Å². The minimum atomic E-state index is -0.792. The maximum Gasteiger partial charge on any atom is 0.313 e. The van der Waals surface area contributed by atoms with E-state index in [9.17, 15) is 9.59 Å². The van der Waals surface area contributed by atoms with Crippen molar-refractivity contribution in [3.63, 3.8) is 0 Å². The van der Waals surface area contributed by atoms with Crippen molar-refractivity contribution in [1.29, 1.82) is 0 Å². The fraction of sp³-hybridized carbons (Fsp3) is 0.385. The molecule has 2 amide bonds. The zero-order chi connectivity index (χ0) is 15.1. The standard InChI is InChI=1S/C13H16Cl2N2O3/c1-8(3-2-4-18)16-12(19)13(20)17-11-6-9(14)5-10(15)7-11/h5-8,18H,2-4H2,1H3,(H,16,19)(H,17,20). The summed E-state index contributed by atoms with van der Waals surface area (Å²) in [5.41, 5.74) is 0.352. The lowest BCUT2D eigenvalue weighted by Crippen LogP contribution is -2.40. The van der Waals surface area contributed by atoms with Crippen LogP contribution in [-0.2, 0) is 9.59 Å².